The van der Waals surface area contributed by atoms with Gasteiger partial charge in [0.25, 0.3) is 0 Å². The van der Waals surface area contributed by atoms with E-state index >= 15 is 0 Å². The Kier molecular flexibility index (Phi) is 6.74. The van der Waals surface area contributed by atoms with Gasteiger partial charge in [-0.1, -0.05) is 24.6 Å². The molecule has 1 atom stereocenters. The highest BCUT2D eigenvalue weighted by Gasteiger charge is 2.08. The first kappa shape index (κ1) is 17.6. The summed E-state index contributed by atoms with van der Waals surface area (Å²) >= 11 is 7.71. The number of halogens is 1. The highest BCUT2D eigenvalue weighted by molar-refractivity contribution is 7.07. The van der Waals surface area contributed by atoms with E-state index in [-0.39, 0.29) is 0 Å². The fraction of sp³-hybridized carbons (Fsp3) is 0.353. The zero-order valence-corrected chi connectivity index (χ0v) is 15.2. The lowest BCUT2D eigenvalue weighted by Crippen LogP contribution is -2.38. The van der Waals surface area contributed by atoms with E-state index in [0.717, 1.165) is 23.8 Å². The Morgan fingerprint density at radius 3 is 2.83 bits per heavy atom. The minimum Gasteiger partial charge on any atom is -0.496 e. The number of thiophene rings is 1. The number of benzene rings is 1. The van der Waals surface area contributed by atoms with E-state index in [1.807, 2.05) is 18.2 Å². The van der Waals surface area contributed by atoms with Crippen LogP contribution < -0.4 is 15.4 Å². The summed E-state index contributed by atoms with van der Waals surface area (Å²) in [4.78, 5) is 4.26. The quantitative estimate of drug-likeness (QED) is 0.613. The van der Waals surface area contributed by atoms with Gasteiger partial charge in [0.1, 0.15) is 5.75 Å². The van der Waals surface area contributed by atoms with Crippen LogP contribution >= 0.6 is 22.9 Å². The lowest BCUT2D eigenvalue weighted by Gasteiger charge is -2.16. The molecule has 0 saturated heterocycles. The first-order chi connectivity index (χ1) is 11.1. The lowest BCUT2D eigenvalue weighted by molar-refractivity contribution is 0.409. The SMILES string of the molecule is CN=C(NCc1ccc(Cl)cc1OC)NCC(C)c1ccsc1. The average molecular weight is 352 g/mol. The van der Waals surface area contributed by atoms with Crippen LogP contribution in [0.4, 0.5) is 0 Å². The maximum Gasteiger partial charge on any atom is 0.191 e. The van der Waals surface area contributed by atoms with Crippen molar-refractivity contribution in [3.63, 3.8) is 0 Å². The molecule has 0 fully saturated rings. The lowest BCUT2D eigenvalue weighted by atomic mass is 10.1. The number of hydrogen-bond donors (Lipinski definition) is 2. The van der Waals surface area contributed by atoms with Gasteiger partial charge in [0, 0.05) is 30.7 Å². The predicted molar refractivity (Wildman–Crippen MR) is 98.9 cm³/mol. The van der Waals surface area contributed by atoms with Gasteiger partial charge in [0.2, 0.25) is 0 Å². The molecule has 0 radical (unpaired) electrons. The summed E-state index contributed by atoms with van der Waals surface area (Å²) in [6.07, 6.45) is 0. The highest BCUT2D eigenvalue weighted by Crippen LogP contribution is 2.22. The van der Waals surface area contributed by atoms with Crippen molar-refractivity contribution in [3.05, 3.63) is 51.2 Å². The molecule has 1 unspecified atom stereocenters. The normalized spacial score (nSPS) is 12.8. The summed E-state index contributed by atoms with van der Waals surface area (Å²) in [7, 11) is 3.41. The molecule has 1 aromatic heterocycles. The molecule has 124 valence electrons. The van der Waals surface area contributed by atoms with Crippen molar-refractivity contribution in [1.82, 2.24) is 10.6 Å². The van der Waals surface area contributed by atoms with Crippen molar-refractivity contribution in [2.75, 3.05) is 20.7 Å². The van der Waals surface area contributed by atoms with E-state index in [9.17, 15) is 0 Å². The Morgan fingerprint density at radius 2 is 2.17 bits per heavy atom. The number of methoxy groups -OCH3 is 1. The van der Waals surface area contributed by atoms with Crippen LogP contribution in [0.3, 0.4) is 0 Å². The van der Waals surface area contributed by atoms with E-state index < -0.39 is 0 Å². The molecule has 1 heterocycles. The molecular weight excluding hydrogens is 330 g/mol. The minimum absolute atomic E-state index is 0.435. The van der Waals surface area contributed by atoms with Gasteiger partial charge < -0.3 is 15.4 Å². The second-order valence-corrected chi connectivity index (χ2v) is 6.44. The van der Waals surface area contributed by atoms with Gasteiger partial charge in [-0.15, -0.1) is 0 Å². The molecule has 2 N–H and O–H groups in total. The van der Waals surface area contributed by atoms with Gasteiger partial charge in [-0.2, -0.15) is 11.3 Å². The highest BCUT2D eigenvalue weighted by atomic mass is 35.5. The van der Waals surface area contributed by atoms with Crippen molar-refractivity contribution in [1.29, 1.82) is 0 Å². The topological polar surface area (TPSA) is 45.7 Å². The molecule has 1 aromatic carbocycles. The number of ether oxygens (including phenoxy) is 1. The molecule has 0 spiro atoms. The Labute approximate surface area is 146 Å². The smallest absolute Gasteiger partial charge is 0.191 e. The van der Waals surface area contributed by atoms with E-state index in [1.54, 1.807) is 25.5 Å². The van der Waals surface area contributed by atoms with Gasteiger partial charge in [0.05, 0.1) is 7.11 Å². The number of rotatable bonds is 6. The Balaban J connectivity index is 1.88. The molecular formula is C17H22ClN3OS. The summed E-state index contributed by atoms with van der Waals surface area (Å²) in [6.45, 7) is 3.64. The van der Waals surface area contributed by atoms with Crippen LogP contribution in [-0.2, 0) is 6.54 Å². The number of hydrogen-bond acceptors (Lipinski definition) is 3. The van der Waals surface area contributed by atoms with Gasteiger partial charge in [-0.05, 0) is 40.4 Å². The van der Waals surface area contributed by atoms with Crippen molar-refractivity contribution >= 4 is 28.9 Å². The van der Waals surface area contributed by atoms with Crippen LogP contribution in [0.25, 0.3) is 0 Å². The third-order valence-corrected chi connectivity index (χ3v) is 4.54. The standard InChI is InChI=1S/C17H22ClN3OS/c1-12(14-6-7-23-11-14)9-20-17(19-2)21-10-13-4-5-15(18)8-16(13)22-3/h4-8,11-12H,9-10H2,1-3H3,(H2,19,20,21). The second-order valence-electron chi connectivity index (χ2n) is 5.22. The number of nitrogens with zero attached hydrogens (tertiary/aromatic N) is 1. The van der Waals surface area contributed by atoms with E-state index in [1.165, 1.54) is 5.56 Å². The minimum atomic E-state index is 0.435. The largest absolute Gasteiger partial charge is 0.496 e. The van der Waals surface area contributed by atoms with Crippen LogP contribution in [0.2, 0.25) is 5.02 Å². The van der Waals surface area contributed by atoms with E-state index in [0.29, 0.717) is 17.5 Å². The maximum absolute atomic E-state index is 5.98. The first-order valence-corrected chi connectivity index (χ1v) is 8.75. The molecule has 0 aliphatic rings. The molecule has 0 aliphatic carbocycles. The Hall–Kier alpha value is -1.72. The monoisotopic (exact) mass is 351 g/mol. The Morgan fingerprint density at radius 1 is 1.35 bits per heavy atom. The van der Waals surface area contributed by atoms with Crippen LogP contribution in [-0.4, -0.2) is 26.7 Å². The molecule has 2 rings (SSSR count). The molecule has 0 bridgehead atoms. The number of aliphatic imine (C=N–C) groups is 1. The fourth-order valence-corrected chi connectivity index (χ4v) is 3.13. The van der Waals surface area contributed by atoms with Crippen molar-refractivity contribution in [2.24, 2.45) is 4.99 Å². The van der Waals surface area contributed by atoms with E-state index in [2.05, 4.69) is 39.4 Å². The van der Waals surface area contributed by atoms with Crippen LogP contribution in [0, 0.1) is 0 Å². The zero-order chi connectivity index (χ0) is 16.7. The molecule has 0 aliphatic heterocycles. The molecule has 2 aromatic rings. The third-order valence-electron chi connectivity index (χ3n) is 3.61. The van der Waals surface area contributed by atoms with Gasteiger partial charge in [0.15, 0.2) is 5.96 Å². The van der Waals surface area contributed by atoms with Crippen LogP contribution in [0.1, 0.15) is 24.0 Å². The number of guanidine groups is 1. The summed E-state index contributed by atoms with van der Waals surface area (Å²) in [5, 5.41) is 11.6. The predicted octanol–water partition coefficient (Wildman–Crippen LogP) is 3.88. The van der Waals surface area contributed by atoms with E-state index in [4.69, 9.17) is 16.3 Å². The molecule has 6 heteroatoms. The maximum atomic E-state index is 5.98. The van der Waals surface area contributed by atoms with Crippen LogP contribution in [0.5, 0.6) is 5.75 Å². The second kappa shape index (κ2) is 8.79. The average Bonchev–Trinajstić information content (AvgIpc) is 3.10. The third kappa shape index (κ3) is 5.15. The fourth-order valence-electron chi connectivity index (χ4n) is 2.19. The first-order valence-electron chi connectivity index (χ1n) is 7.43. The molecule has 23 heavy (non-hydrogen) atoms. The van der Waals surface area contributed by atoms with Crippen molar-refractivity contribution in [3.8, 4) is 5.75 Å². The zero-order valence-electron chi connectivity index (χ0n) is 13.6. The van der Waals surface area contributed by atoms with Gasteiger partial charge >= 0.3 is 0 Å². The number of nitrogens with one attached hydrogen (secondary N) is 2. The summed E-state index contributed by atoms with van der Waals surface area (Å²) in [5.74, 6) is 1.97. The van der Waals surface area contributed by atoms with Crippen molar-refractivity contribution in [2.45, 2.75) is 19.4 Å². The van der Waals surface area contributed by atoms with Gasteiger partial charge in [-0.3, -0.25) is 4.99 Å². The molecule has 0 saturated carbocycles. The van der Waals surface area contributed by atoms with Crippen LogP contribution in [0.15, 0.2) is 40.0 Å². The summed E-state index contributed by atoms with van der Waals surface area (Å²) in [5.41, 5.74) is 2.38. The molecule has 4 nitrogen and oxygen atoms in total. The van der Waals surface area contributed by atoms with Crippen molar-refractivity contribution < 1.29 is 4.74 Å². The summed E-state index contributed by atoms with van der Waals surface area (Å²) < 4.78 is 5.36. The molecule has 0 amide bonds. The summed E-state index contributed by atoms with van der Waals surface area (Å²) in [6, 6.07) is 7.78. The van der Waals surface area contributed by atoms with Gasteiger partial charge in [-0.25, -0.2) is 0 Å². The Bertz CT molecular complexity index is 643.